The third kappa shape index (κ3) is 5.51. The number of benzene rings is 1. The van der Waals surface area contributed by atoms with E-state index in [4.69, 9.17) is 4.74 Å². The number of hydrogen-bond acceptors (Lipinski definition) is 3. The largest absolute Gasteiger partial charge is 0.508 e. The molecule has 28 heavy (non-hydrogen) atoms. The van der Waals surface area contributed by atoms with Crippen LogP contribution in [0.2, 0.25) is 0 Å². The molecule has 158 valence electrons. The summed E-state index contributed by atoms with van der Waals surface area (Å²) < 4.78 is 5.53. The summed E-state index contributed by atoms with van der Waals surface area (Å²) in [6.07, 6.45) is 11.3. The third-order valence-corrected chi connectivity index (χ3v) is 7.12. The SMILES string of the molecule is CCCCCCC(C)(C)c1ccc(C2CCCC(N3CCOCC3)C2)c(O)c1. The number of phenolic OH excluding ortho intramolecular Hbond substituents is 1. The van der Waals surface area contributed by atoms with Crippen LogP contribution in [-0.2, 0) is 10.2 Å². The second-order valence-corrected chi connectivity index (χ2v) is 9.63. The summed E-state index contributed by atoms with van der Waals surface area (Å²) in [7, 11) is 0. The van der Waals surface area contributed by atoms with Crippen LogP contribution in [0.1, 0.15) is 95.6 Å². The van der Waals surface area contributed by atoms with Crippen molar-refractivity contribution < 1.29 is 9.84 Å². The van der Waals surface area contributed by atoms with Crippen molar-refractivity contribution in [1.29, 1.82) is 0 Å². The van der Waals surface area contributed by atoms with E-state index in [-0.39, 0.29) is 5.41 Å². The Bertz CT molecular complexity index is 607. The van der Waals surface area contributed by atoms with Gasteiger partial charge in [-0.05, 0) is 54.2 Å². The molecule has 1 aliphatic heterocycles. The summed E-state index contributed by atoms with van der Waals surface area (Å²) in [6.45, 7) is 10.8. The summed E-state index contributed by atoms with van der Waals surface area (Å²) in [4.78, 5) is 2.61. The number of morpholine rings is 1. The first-order valence-electron chi connectivity index (χ1n) is 11.7. The maximum atomic E-state index is 10.9. The van der Waals surface area contributed by atoms with Gasteiger partial charge in [0, 0.05) is 19.1 Å². The predicted molar refractivity (Wildman–Crippen MR) is 117 cm³/mol. The molecule has 3 nitrogen and oxygen atoms in total. The van der Waals surface area contributed by atoms with Crippen LogP contribution in [0.5, 0.6) is 5.75 Å². The first-order valence-corrected chi connectivity index (χ1v) is 11.7. The quantitative estimate of drug-likeness (QED) is 0.555. The number of unbranched alkanes of at least 4 members (excludes halogenated alkanes) is 3. The number of nitrogens with zero attached hydrogens (tertiary/aromatic N) is 1. The molecule has 1 heterocycles. The lowest BCUT2D eigenvalue weighted by Gasteiger charge is -2.39. The molecule has 0 bridgehead atoms. The van der Waals surface area contributed by atoms with Crippen molar-refractivity contribution in [2.45, 2.75) is 95.9 Å². The monoisotopic (exact) mass is 387 g/mol. The van der Waals surface area contributed by atoms with Crippen molar-refractivity contribution in [2.24, 2.45) is 0 Å². The summed E-state index contributed by atoms with van der Waals surface area (Å²) in [5.41, 5.74) is 2.58. The van der Waals surface area contributed by atoms with E-state index in [9.17, 15) is 5.11 Å². The zero-order chi connectivity index (χ0) is 20.0. The maximum absolute atomic E-state index is 10.9. The smallest absolute Gasteiger partial charge is 0.119 e. The molecule has 0 spiro atoms. The first-order chi connectivity index (χ1) is 13.5. The van der Waals surface area contributed by atoms with Gasteiger partial charge in [-0.2, -0.15) is 0 Å². The van der Waals surface area contributed by atoms with Crippen molar-refractivity contribution in [3.05, 3.63) is 29.3 Å². The molecule has 1 aliphatic carbocycles. The molecule has 1 N–H and O–H groups in total. The van der Waals surface area contributed by atoms with Gasteiger partial charge in [-0.1, -0.05) is 65.0 Å². The van der Waals surface area contributed by atoms with Crippen LogP contribution < -0.4 is 0 Å². The van der Waals surface area contributed by atoms with E-state index < -0.39 is 0 Å². The van der Waals surface area contributed by atoms with Crippen LogP contribution in [0.25, 0.3) is 0 Å². The highest BCUT2D eigenvalue weighted by Crippen LogP contribution is 2.41. The fraction of sp³-hybridized carbons (Fsp3) is 0.760. The van der Waals surface area contributed by atoms with E-state index >= 15 is 0 Å². The van der Waals surface area contributed by atoms with Crippen LogP contribution in [0.4, 0.5) is 0 Å². The third-order valence-electron chi connectivity index (χ3n) is 7.12. The molecule has 1 saturated carbocycles. The Labute approximate surface area is 172 Å². The predicted octanol–water partition coefficient (Wildman–Crippen LogP) is 6.00. The number of phenols is 1. The highest BCUT2D eigenvalue weighted by atomic mass is 16.5. The Morgan fingerprint density at radius 2 is 1.89 bits per heavy atom. The zero-order valence-electron chi connectivity index (χ0n) is 18.4. The molecular formula is C25H41NO2. The van der Waals surface area contributed by atoms with Gasteiger partial charge in [0.1, 0.15) is 5.75 Å². The lowest BCUT2D eigenvalue weighted by atomic mass is 9.77. The lowest BCUT2D eigenvalue weighted by Crippen LogP contribution is -2.45. The molecule has 3 rings (SSSR count). The lowest BCUT2D eigenvalue weighted by molar-refractivity contribution is 0.00650. The van der Waals surface area contributed by atoms with Crippen molar-refractivity contribution >= 4 is 0 Å². The zero-order valence-corrected chi connectivity index (χ0v) is 18.4. The highest BCUT2D eigenvalue weighted by Gasteiger charge is 2.30. The van der Waals surface area contributed by atoms with E-state index in [0.717, 1.165) is 26.3 Å². The molecule has 1 aromatic rings. The second-order valence-electron chi connectivity index (χ2n) is 9.63. The topological polar surface area (TPSA) is 32.7 Å². The molecule has 0 radical (unpaired) electrons. The summed E-state index contributed by atoms with van der Waals surface area (Å²) in [5.74, 6) is 1.01. The highest BCUT2D eigenvalue weighted by molar-refractivity contribution is 5.41. The Balaban J connectivity index is 1.64. The Morgan fingerprint density at radius 3 is 2.61 bits per heavy atom. The fourth-order valence-electron chi connectivity index (χ4n) is 5.17. The molecule has 2 atom stereocenters. The van der Waals surface area contributed by atoms with E-state index in [1.165, 1.54) is 68.9 Å². The minimum Gasteiger partial charge on any atom is -0.508 e. The Kier molecular flexibility index (Phi) is 7.82. The Hall–Kier alpha value is -1.06. The van der Waals surface area contributed by atoms with Gasteiger partial charge in [0.2, 0.25) is 0 Å². The van der Waals surface area contributed by atoms with Gasteiger partial charge in [-0.15, -0.1) is 0 Å². The van der Waals surface area contributed by atoms with Crippen LogP contribution in [0.3, 0.4) is 0 Å². The van der Waals surface area contributed by atoms with Gasteiger partial charge < -0.3 is 9.84 Å². The van der Waals surface area contributed by atoms with E-state index in [2.05, 4.69) is 43.9 Å². The van der Waals surface area contributed by atoms with Crippen molar-refractivity contribution in [1.82, 2.24) is 4.90 Å². The molecule has 0 aromatic heterocycles. The van der Waals surface area contributed by atoms with Crippen LogP contribution in [-0.4, -0.2) is 42.4 Å². The average molecular weight is 388 g/mol. The van der Waals surface area contributed by atoms with E-state index in [1.54, 1.807) is 0 Å². The van der Waals surface area contributed by atoms with E-state index in [1.807, 2.05) is 0 Å². The van der Waals surface area contributed by atoms with Gasteiger partial charge in [-0.3, -0.25) is 4.90 Å². The number of rotatable bonds is 8. The van der Waals surface area contributed by atoms with Crippen LogP contribution >= 0.6 is 0 Å². The van der Waals surface area contributed by atoms with E-state index in [0.29, 0.717) is 17.7 Å². The number of hydrogen-bond donors (Lipinski definition) is 1. The van der Waals surface area contributed by atoms with Crippen molar-refractivity contribution in [2.75, 3.05) is 26.3 Å². The summed E-state index contributed by atoms with van der Waals surface area (Å²) in [5, 5.41) is 10.9. The molecule has 2 aliphatic rings. The fourth-order valence-corrected chi connectivity index (χ4v) is 5.17. The standard InChI is InChI=1S/C25H41NO2/c1-4-5-6-7-13-25(2,3)21-11-12-23(24(27)19-21)20-9-8-10-22(18-20)26-14-16-28-17-15-26/h11-12,19-20,22,27H,4-10,13-18H2,1-3H3. The van der Waals surface area contributed by atoms with Gasteiger partial charge >= 0.3 is 0 Å². The molecule has 2 unspecified atom stereocenters. The maximum Gasteiger partial charge on any atom is 0.119 e. The Morgan fingerprint density at radius 1 is 1.11 bits per heavy atom. The normalized spacial score (nSPS) is 24.4. The molecule has 1 saturated heterocycles. The van der Waals surface area contributed by atoms with Crippen molar-refractivity contribution in [3.8, 4) is 5.75 Å². The van der Waals surface area contributed by atoms with Gasteiger partial charge in [-0.25, -0.2) is 0 Å². The number of aromatic hydroxyl groups is 1. The van der Waals surface area contributed by atoms with Gasteiger partial charge in [0.05, 0.1) is 13.2 Å². The first kappa shape index (κ1) is 21.6. The van der Waals surface area contributed by atoms with Gasteiger partial charge in [0.15, 0.2) is 0 Å². The molecule has 0 amide bonds. The number of ether oxygens (including phenoxy) is 1. The average Bonchev–Trinajstić information content (AvgIpc) is 2.72. The molecule has 3 heteroatoms. The summed E-state index contributed by atoms with van der Waals surface area (Å²) in [6, 6.07) is 7.22. The minimum absolute atomic E-state index is 0.132. The summed E-state index contributed by atoms with van der Waals surface area (Å²) >= 11 is 0. The molecule has 2 fully saturated rings. The van der Waals surface area contributed by atoms with Gasteiger partial charge in [0.25, 0.3) is 0 Å². The molecular weight excluding hydrogens is 346 g/mol. The minimum atomic E-state index is 0.132. The van der Waals surface area contributed by atoms with Crippen LogP contribution in [0, 0.1) is 0 Å². The van der Waals surface area contributed by atoms with Crippen molar-refractivity contribution in [3.63, 3.8) is 0 Å². The van der Waals surface area contributed by atoms with Crippen LogP contribution in [0.15, 0.2) is 18.2 Å². The second kappa shape index (κ2) is 10.1. The molecule has 1 aromatic carbocycles.